The van der Waals surface area contributed by atoms with Crippen LogP contribution in [0.3, 0.4) is 0 Å². The van der Waals surface area contributed by atoms with Gasteiger partial charge in [0.15, 0.2) is 5.65 Å². The van der Waals surface area contributed by atoms with Gasteiger partial charge in [-0.05, 0) is 63.7 Å². The fraction of sp³-hybridized carbons (Fsp3) is 0.393. The fourth-order valence-corrected chi connectivity index (χ4v) is 5.20. The molecule has 186 valence electrons. The second-order valence-corrected chi connectivity index (χ2v) is 10.5. The molecule has 0 bridgehead atoms. The van der Waals surface area contributed by atoms with Gasteiger partial charge < -0.3 is 15.6 Å². The molecule has 0 saturated carbocycles. The number of rotatable bonds is 8. The van der Waals surface area contributed by atoms with Gasteiger partial charge in [0, 0.05) is 31.4 Å². The molecule has 4 aromatic rings. The third-order valence-electron chi connectivity index (χ3n) is 7.31. The molecule has 0 amide bonds. The summed E-state index contributed by atoms with van der Waals surface area (Å²) in [5.74, 6) is 0.841. The number of hydrogen-bond donors (Lipinski definition) is 2. The van der Waals surface area contributed by atoms with E-state index in [0.717, 1.165) is 41.3 Å². The quantitative estimate of drug-likeness (QED) is 0.397. The minimum Gasteiger partial charge on any atom is -0.382 e. The van der Waals surface area contributed by atoms with Crippen molar-refractivity contribution in [2.45, 2.75) is 57.8 Å². The number of pyridine rings is 1. The van der Waals surface area contributed by atoms with E-state index in [-0.39, 0.29) is 5.54 Å². The molecule has 1 aromatic carbocycles. The zero-order valence-electron chi connectivity index (χ0n) is 21.4. The Kier molecular flexibility index (Phi) is 6.07. The molecular formula is C28H34N8. The zero-order chi connectivity index (χ0) is 25.5. The van der Waals surface area contributed by atoms with Crippen LogP contribution in [-0.2, 0) is 12.1 Å². The van der Waals surface area contributed by atoms with Crippen molar-refractivity contribution in [2.75, 3.05) is 13.1 Å². The highest BCUT2D eigenvalue weighted by Crippen LogP contribution is 2.31. The predicted octanol–water partition coefficient (Wildman–Crippen LogP) is 3.69. The second-order valence-electron chi connectivity index (χ2n) is 10.5. The van der Waals surface area contributed by atoms with Gasteiger partial charge in [-0.1, -0.05) is 30.3 Å². The van der Waals surface area contributed by atoms with E-state index in [1.54, 1.807) is 0 Å². The summed E-state index contributed by atoms with van der Waals surface area (Å²) in [6.45, 7) is 10.8. The number of likely N-dealkylation sites (tertiary alicyclic amines) is 1. The molecule has 1 fully saturated rings. The Labute approximate surface area is 212 Å². The third-order valence-corrected chi connectivity index (χ3v) is 7.31. The van der Waals surface area contributed by atoms with Crippen LogP contribution >= 0.6 is 0 Å². The van der Waals surface area contributed by atoms with E-state index in [1.165, 1.54) is 5.56 Å². The van der Waals surface area contributed by atoms with E-state index in [4.69, 9.17) is 5.73 Å². The molecule has 5 rings (SSSR count). The lowest BCUT2D eigenvalue weighted by Crippen LogP contribution is -2.69. The van der Waals surface area contributed by atoms with Crippen LogP contribution < -0.4 is 11.1 Å². The van der Waals surface area contributed by atoms with Crippen molar-refractivity contribution >= 4 is 16.7 Å². The van der Waals surface area contributed by atoms with Gasteiger partial charge in [-0.2, -0.15) is 5.26 Å². The van der Waals surface area contributed by atoms with Crippen LogP contribution in [0.5, 0.6) is 0 Å². The van der Waals surface area contributed by atoms with E-state index in [0.29, 0.717) is 19.0 Å². The van der Waals surface area contributed by atoms with Crippen molar-refractivity contribution in [1.29, 1.82) is 5.26 Å². The van der Waals surface area contributed by atoms with Gasteiger partial charge in [0.05, 0.1) is 34.6 Å². The minimum absolute atomic E-state index is 0.228. The molecule has 0 radical (unpaired) electrons. The molecule has 3 aromatic heterocycles. The third kappa shape index (κ3) is 4.25. The lowest BCUT2D eigenvalue weighted by Gasteiger charge is -2.51. The Morgan fingerprint density at radius 3 is 2.61 bits per heavy atom. The van der Waals surface area contributed by atoms with E-state index >= 15 is 0 Å². The van der Waals surface area contributed by atoms with Crippen molar-refractivity contribution in [1.82, 2.24) is 29.4 Å². The largest absolute Gasteiger partial charge is 0.382 e. The predicted molar refractivity (Wildman–Crippen MR) is 142 cm³/mol. The number of hydrogen-bond acceptors (Lipinski definition) is 6. The van der Waals surface area contributed by atoms with Gasteiger partial charge >= 0.3 is 0 Å². The molecule has 8 nitrogen and oxygen atoms in total. The standard InChI is InChI=1S/C28H34N8/c1-20(2)34-18-28(19-34,12-14-29)31-15-13-27(4,30)25-16-24-23(10-11-26-33-32-21(3)36(24)26)35(25)17-22-8-6-5-7-9-22/h5-11,13,15-16,20,31H,12,17-19,30H2,1-4H3/b15-13-. The summed E-state index contributed by atoms with van der Waals surface area (Å²) in [5.41, 5.74) is 11.1. The Morgan fingerprint density at radius 2 is 1.92 bits per heavy atom. The topological polar surface area (TPSA) is 100 Å². The Balaban J connectivity index is 1.52. The van der Waals surface area contributed by atoms with Crippen molar-refractivity contribution in [3.8, 4) is 6.07 Å². The highest BCUT2D eigenvalue weighted by molar-refractivity contribution is 5.81. The van der Waals surface area contributed by atoms with E-state index in [9.17, 15) is 5.26 Å². The molecule has 3 N–H and O–H groups in total. The lowest BCUT2D eigenvalue weighted by molar-refractivity contribution is 0.0278. The van der Waals surface area contributed by atoms with Gasteiger partial charge in [0.1, 0.15) is 5.82 Å². The van der Waals surface area contributed by atoms with Crippen molar-refractivity contribution in [3.63, 3.8) is 0 Å². The number of fused-ring (bicyclic) bond motifs is 3. The molecule has 1 atom stereocenters. The second kappa shape index (κ2) is 9.08. The van der Waals surface area contributed by atoms with E-state index < -0.39 is 5.54 Å². The van der Waals surface area contributed by atoms with Crippen LogP contribution in [-0.4, -0.2) is 48.7 Å². The number of aromatic nitrogens is 4. The average Bonchev–Trinajstić information content (AvgIpc) is 3.38. The summed E-state index contributed by atoms with van der Waals surface area (Å²) in [6.07, 6.45) is 4.41. The maximum Gasteiger partial charge on any atom is 0.161 e. The number of benzene rings is 1. The van der Waals surface area contributed by atoms with Crippen LogP contribution in [0, 0.1) is 18.3 Å². The van der Waals surface area contributed by atoms with E-state index in [1.807, 2.05) is 38.3 Å². The molecule has 0 spiro atoms. The zero-order valence-corrected chi connectivity index (χ0v) is 21.4. The van der Waals surface area contributed by atoms with Gasteiger partial charge in [0.25, 0.3) is 0 Å². The normalized spacial score (nSPS) is 17.5. The maximum absolute atomic E-state index is 9.40. The van der Waals surface area contributed by atoms with Gasteiger partial charge in [0.2, 0.25) is 0 Å². The summed E-state index contributed by atoms with van der Waals surface area (Å²) in [4.78, 5) is 2.37. The lowest BCUT2D eigenvalue weighted by atomic mass is 9.85. The number of nitrogens with two attached hydrogens (primary N) is 1. The highest BCUT2D eigenvalue weighted by Gasteiger charge is 2.43. The Hall–Kier alpha value is -3.67. The number of aryl methyl sites for hydroxylation is 1. The minimum atomic E-state index is -0.760. The van der Waals surface area contributed by atoms with E-state index in [2.05, 4.69) is 85.7 Å². The fourth-order valence-electron chi connectivity index (χ4n) is 5.20. The van der Waals surface area contributed by atoms with Gasteiger partial charge in [-0.25, -0.2) is 0 Å². The van der Waals surface area contributed by atoms with Crippen molar-refractivity contribution < 1.29 is 0 Å². The molecule has 0 aliphatic carbocycles. The first-order chi connectivity index (χ1) is 17.2. The maximum atomic E-state index is 9.40. The van der Waals surface area contributed by atoms with Crippen LogP contribution in [0.4, 0.5) is 0 Å². The van der Waals surface area contributed by atoms with Crippen LogP contribution in [0.25, 0.3) is 16.7 Å². The molecule has 1 unspecified atom stereocenters. The summed E-state index contributed by atoms with van der Waals surface area (Å²) < 4.78 is 4.36. The first kappa shape index (κ1) is 24.0. The molecule has 4 heterocycles. The summed E-state index contributed by atoms with van der Waals surface area (Å²) in [7, 11) is 0. The van der Waals surface area contributed by atoms with Crippen LogP contribution in [0.15, 0.2) is 60.8 Å². The van der Waals surface area contributed by atoms with Crippen LogP contribution in [0.1, 0.15) is 44.3 Å². The average molecular weight is 483 g/mol. The number of nitriles is 1. The van der Waals surface area contributed by atoms with Crippen molar-refractivity contribution in [2.24, 2.45) is 5.73 Å². The number of nitrogens with zero attached hydrogens (tertiary/aromatic N) is 6. The van der Waals surface area contributed by atoms with Gasteiger partial charge in [-0.15, -0.1) is 10.2 Å². The van der Waals surface area contributed by atoms with Crippen molar-refractivity contribution in [3.05, 3.63) is 77.9 Å². The summed E-state index contributed by atoms with van der Waals surface area (Å²) >= 11 is 0. The van der Waals surface area contributed by atoms with Gasteiger partial charge in [-0.3, -0.25) is 9.30 Å². The first-order valence-electron chi connectivity index (χ1n) is 12.5. The smallest absolute Gasteiger partial charge is 0.161 e. The molecule has 36 heavy (non-hydrogen) atoms. The molecule has 1 aliphatic heterocycles. The highest BCUT2D eigenvalue weighted by atomic mass is 15.3. The Morgan fingerprint density at radius 1 is 1.17 bits per heavy atom. The molecule has 1 aliphatic rings. The molecule has 8 heteroatoms. The summed E-state index contributed by atoms with van der Waals surface area (Å²) in [5, 5.41) is 21.5. The summed E-state index contributed by atoms with van der Waals surface area (Å²) in [6, 6.07) is 19.5. The molecule has 1 saturated heterocycles. The first-order valence-corrected chi connectivity index (χ1v) is 12.5. The number of nitrogens with one attached hydrogen (secondary N) is 1. The Bertz CT molecular complexity index is 1450. The SMILES string of the molecule is Cc1nnc2ccc3c(cc(C(C)(N)/C=C\NC4(CC#N)CN(C(C)C)C4)n3Cc3ccccc3)n12. The monoisotopic (exact) mass is 482 g/mol. The molecular weight excluding hydrogens is 448 g/mol. The van der Waals surface area contributed by atoms with Crippen LogP contribution in [0.2, 0.25) is 0 Å².